The number of aromatic nitrogens is 3. The van der Waals surface area contributed by atoms with E-state index in [2.05, 4.69) is 53.3 Å². The van der Waals surface area contributed by atoms with Gasteiger partial charge in [0.2, 0.25) is 0 Å². The van der Waals surface area contributed by atoms with E-state index in [9.17, 15) is 0 Å². The van der Waals surface area contributed by atoms with Crippen molar-refractivity contribution in [3.8, 4) is 17.2 Å². The first-order chi connectivity index (χ1) is 15.1. The molecule has 0 fully saturated rings. The summed E-state index contributed by atoms with van der Waals surface area (Å²) in [5.41, 5.74) is 5.83. The molecule has 1 aromatic heterocycles. The molecule has 2 aromatic carbocycles. The van der Waals surface area contributed by atoms with E-state index < -0.39 is 0 Å². The Balaban J connectivity index is 1.31. The second-order valence-corrected chi connectivity index (χ2v) is 8.03. The highest BCUT2D eigenvalue weighted by Crippen LogP contribution is 2.33. The Morgan fingerprint density at radius 3 is 2.45 bits per heavy atom. The minimum Gasteiger partial charge on any atom is -0.493 e. The van der Waals surface area contributed by atoms with Crippen LogP contribution in [0.2, 0.25) is 0 Å². The molecular weight excluding hydrogens is 392 g/mol. The van der Waals surface area contributed by atoms with Gasteiger partial charge in [0.05, 0.1) is 27.0 Å². The van der Waals surface area contributed by atoms with Crippen LogP contribution < -0.4 is 14.2 Å². The summed E-state index contributed by atoms with van der Waals surface area (Å²) in [5, 5.41) is 8.53. The number of fused-ring (bicyclic) bond motifs is 1. The maximum Gasteiger partial charge on any atom is 0.161 e. The zero-order valence-electron chi connectivity index (χ0n) is 18.7. The van der Waals surface area contributed by atoms with Crippen molar-refractivity contribution in [3.63, 3.8) is 0 Å². The fraction of sp³-hybridized carbons (Fsp3) is 0.417. The lowest BCUT2D eigenvalue weighted by Gasteiger charge is -2.29. The second kappa shape index (κ2) is 9.39. The monoisotopic (exact) mass is 422 g/mol. The maximum absolute atomic E-state index is 5.92. The lowest BCUT2D eigenvalue weighted by molar-refractivity contribution is 0.238. The van der Waals surface area contributed by atoms with Gasteiger partial charge in [0.15, 0.2) is 11.5 Å². The van der Waals surface area contributed by atoms with Gasteiger partial charge in [-0.25, -0.2) is 0 Å². The Hall–Kier alpha value is -3.06. The Kier molecular flexibility index (Phi) is 6.42. The van der Waals surface area contributed by atoms with Crippen LogP contribution in [0.4, 0.5) is 0 Å². The normalized spacial score (nSPS) is 13.7. The van der Waals surface area contributed by atoms with E-state index in [0.717, 1.165) is 61.1 Å². The van der Waals surface area contributed by atoms with E-state index in [1.807, 2.05) is 16.9 Å². The number of methoxy groups -OCH3 is 2. The van der Waals surface area contributed by atoms with Gasteiger partial charge in [-0.15, -0.1) is 5.10 Å². The van der Waals surface area contributed by atoms with Crippen molar-refractivity contribution < 1.29 is 14.2 Å². The summed E-state index contributed by atoms with van der Waals surface area (Å²) in [4.78, 5) is 2.43. The minimum atomic E-state index is 0.419. The molecule has 0 amide bonds. The van der Waals surface area contributed by atoms with Gasteiger partial charge in [0.1, 0.15) is 18.1 Å². The predicted octanol–water partition coefficient (Wildman–Crippen LogP) is 3.55. The Bertz CT molecular complexity index is 1050. The van der Waals surface area contributed by atoms with Gasteiger partial charge in [-0.2, -0.15) is 0 Å². The Morgan fingerprint density at radius 2 is 1.71 bits per heavy atom. The fourth-order valence-electron chi connectivity index (χ4n) is 4.00. The van der Waals surface area contributed by atoms with Crippen LogP contribution in [-0.4, -0.2) is 47.2 Å². The van der Waals surface area contributed by atoms with E-state index in [4.69, 9.17) is 14.2 Å². The topological polar surface area (TPSA) is 61.6 Å². The lowest BCUT2D eigenvalue weighted by atomic mass is 9.99. The number of hydrogen-bond acceptors (Lipinski definition) is 6. The first kappa shape index (κ1) is 21.2. The van der Waals surface area contributed by atoms with E-state index in [-0.39, 0.29) is 0 Å². The minimum absolute atomic E-state index is 0.419. The number of ether oxygens (including phenoxy) is 3. The lowest BCUT2D eigenvalue weighted by Crippen LogP contribution is -2.33. The summed E-state index contributed by atoms with van der Waals surface area (Å²) in [6, 6.07) is 10.4. The van der Waals surface area contributed by atoms with Crippen molar-refractivity contribution >= 4 is 0 Å². The van der Waals surface area contributed by atoms with Crippen molar-refractivity contribution in [3.05, 3.63) is 64.5 Å². The molecule has 0 spiro atoms. The van der Waals surface area contributed by atoms with Crippen LogP contribution in [0.3, 0.4) is 0 Å². The Labute approximate surface area is 183 Å². The van der Waals surface area contributed by atoms with Crippen molar-refractivity contribution in [1.82, 2.24) is 19.9 Å². The molecule has 0 saturated carbocycles. The van der Waals surface area contributed by atoms with Gasteiger partial charge in [0, 0.05) is 19.6 Å². The molecule has 0 N–H and O–H groups in total. The average molecular weight is 423 g/mol. The molecule has 4 rings (SSSR count). The smallest absolute Gasteiger partial charge is 0.161 e. The van der Waals surface area contributed by atoms with Crippen LogP contribution in [0.5, 0.6) is 17.2 Å². The summed E-state index contributed by atoms with van der Waals surface area (Å²) >= 11 is 0. The average Bonchev–Trinajstić information content (AvgIpc) is 3.23. The summed E-state index contributed by atoms with van der Waals surface area (Å²) < 4.78 is 18.7. The molecule has 2 heterocycles. The standard InChI is InChI=1S/C24H30N4O3/c1-17-5-6-22(18(2)11-17)31-16-21-15-28(26-25-21)10-9-27-8-7-19-12-23(29-3)24(30-4)13-20(19)14-27/h5-6,11-13,15H,7-10,14,16H2,1-4H3. The zero-order chi connectivity index (χ0) is 21.8. The van der Waals surface area contributed by atoms with E-state index in [0.29, 0.717) is 6.61 Å². The van der Waals surface area contributed by atoms with Crippen molar-refractivity contribution in [2.24, 2.45) is 0 Å². The van der Waals surface area contributed by atoms with Gasteiger partial charge in [0.25, 0.3) is 0 Å². The second-order valence-electron chi connectivity index (χ2n) is 8.03. The molecular formula is C24H30N4O3. The zero-order valence-corrected chi connectivity index (χ0v) is 18.7. The van der Waals surface area contributed by atoms with Crippen LogP contribution >= 0.6 is 0 Å². The summed E-state index contributed by atoms with van der Waals surface area (Å²) in [5.74, 6) is 2.47. The van der Waals surface area contributed by atoms with Crippen LogP contribution in [-0.2, 0) is 26.1 Å². The molecule has 0 radical (unpaired) electrons. The predicted molar refractivity (Wildman–Crippen MR) is 119 cm³/mol. The molecule has 1 aliphatic heterocycles. The van der Waals surface area contributed by atoms with Gasteiger partial charge in [-0.05, 0) is 55.2 Å². The molecule has 3 aromatic rings. The molecule has 0 bridgehead atoms. The molecule has 31 heavy (non-hydrogen) atoms. The SMILES string of the molecule is COc1cc2c(cc1OC)CN(CCn1cc(COc3ccc(C)cc3C)nn1)CC2. The molecule has 164 valence electrons. The molecule has 0 aliphatic carbocycles. The molecule has 1 aliphatic rings. The van der Waals surface area contributed by atoms with Crippen molar-refractivity contribution in [2.45, 2.75) is 40.0 Å². The first-order valence-corrected chi connectivity index (χ1v) is 10.6. The van der Waals surface area contributed by atoms with Gasteiger partial charge in [-0.3, -0.25) is 9.58 Å². The highest BCUT2D eigenvalue weighted by atomic mass is 16.5. The first-order valence-electron chi connectivity index (χ1n) is 10.6. The Morgan fingerprint density at radius 1 is 0.935 bits per heavy atom. The van der Waals surface area contributed by atoms with Crippen molar-refractivity contribution in [1.29, 1.82) is 0 Å². The van der Waals surface area contributed by atoms with E-state index in [1.165, 1.54) is 16.7 Å². The molecule has 0 saturated heterocycles. The summed E-state index contributed by atoms with van der Waals surface area (Å²) in [6.07, 6.45) is 2.97. The van der Waals surface area contributed by atoms with Crippen LogP contribution in [0, 0.1) is 13.8 Å². The van der Waals surface area contributed by atoms with Crippen LogP contribution in [0.25, 0.3) is 0 Å². The van der Waals surface area contributed by atoms with Gasteiger partial charge >= 0.3 is 0 Å². The highest BCUT2D eigenvalue weighted by Gasteiger charge is 2.19. The van der Waals surface area contributed by atoms with Gasteiger partial charge < -0.3 is 14.2 Å². The number of rotatable bonds is 8. The van der Waals surface area contributed by atoms with Crippen molar-refractivity contribution in [2.75, 3.05) is 27.3 Å². The van der Waals surface area contributed by atoms with E-state index >= 15 is 0 Å². The molecule has 7 nitrogen and oxygen atoms in total. The molecule has 0 unspecified atom stereocenters. The van der Waals surface area contributed by atoms with Crippen LogP contribution in [0.15, 0.2) is 36.5 Å². The third kappa shape index (κ3) is 4.99. The van der Waals surface area contributed by atoms with Gasteiger partial charge in [-0.1, -0.05) is 22.9 Å². The third-order valence-electron chi connectivity index (χ3n) is 5.73. The maximum atomic E-state index is 5.92. The third-order valence-corrected chi connectivity index (χ3v) is 5.73. The molecule has 0 atom stereocenters. The number of hydrogen-bond donors (Lipinski definition) is 0. The quantitative estimate of drug-likeness (QED) is 0.553. The number of nitrogens with zero attached hydrogens (tertiary/aromatic N) is 4. The fourth-order valence-corrected chi connectivity index (χ4v) is 4.00. The summed E-state index contributed by atoms with van der Waals surface area (Å²) in [6.45, 7) is 8.17. The summed E-state index contributed by atoms with van der Waals surface area (Å²) in [7, 11) is 3.36. The van der Waals surface area contributed by atoms with E-state index in [1.54, 1.807) is 14.2 Å². The molecule has 7 heteroatoms. The largest absolute Gasteiger partial charge is 0.493 e. The number of benzene rings is 2. The highest BCUT2D eigenvalue weighted by molar-refractivity contribution is 5.48. The van der Waals surface area contributed by atoms with Crippen LogP contribution in [0.1, 0.15) is 27.9 Å². The number of aryl methyl sites for hydroxylation is 2.